The van der Waals surface area contributed by atoms with Crippen LogP contribution < -0.4 is 0 Å². The normalized spacial score (nSPS) is 10.3. The summed E-state index contributed by atoms with van der Waals surface area (Å²) in [5, 5.41) is 20.7. The molecule has 0 radical (unpaired) electrons. The molecule has 1 N–H and O–H groups in total. The minimum Gasteiger partial charge on any atom is -0.391 e. The second kappa shape index (κ2) is 5.61. The summed E-state index contributed by atoms with van der Waals surface area (Å²) in [6.45, 7) is -0.354. The topological polar surface area (TPSA) is 76.3 Å². The molecule has 0 atom stereocenters. The average molecular weight is 262 g/mol. The fourth-order valence-corrected chi connectivity index (χ4v) is 2.30. The Kier molecular flexibility index (Phi) is 3.91. The van der Waals surface area contributed by atoms with Crippen molar-refractivity contribution in [3.8, 4) is 0 Å². The van der Waals surface area contributed by atoms with Crippen molar-refractivity contribution >= 4 is 17.4 Å². The Morgan fingerprint density at radius 2 is 2.17 bits per heavy atom. The maximum Gasteiger partial charge on any atom is 0.274 e. The molecule has 0 saturated heterocycles. The zero-order valence-electron chi connectivity index (χ0n) is 9.31. The van der Waals surface area contributed by atoms with Gasteiger partial charge in [-0.05, 0) is 24.3 Å². The molecule has 2 rings (SSSR count). The maximum atomic E-state index is 10.7. The first-order chi connectivity index (χ1) is 8.70. The van der Waals surface area contributed by atoms with Crippen molar-refractivity contribution in [1.82, 2.24) is 4.98 Å². The Balaban J connectivity index is 2.28. The molecule has 1 heterocycles. The molecule has 0 fully saturated rings. The lowest BCUT2D eigenvalue weighted by atomic mass is 10.2. The third kappa shape index (κ3) is 2.85. The largest absolute Gasteiger partial charge is 0.391 e. The Morgan fingerprint density at radius 1 is 1.33 bits per heavy atom. The number of pyridine rings is 1. The van der Waals surface area contributed by atoms with Crippen molar-refractivity contribution in [2.45, 2.75) is 16.5 Å². The number of rotatable bonds is 4. The van der Waals surface area contributed by atoms with Gasteiger partial charge in [-0.2, -0.15) is 0 Å². The molecule has 0 aliphatic heterocycles. The van der Waals surface area contributed by atoms with Crippen LogP contribution in [0.4, 0.5) is 5.69 Å². The first kappa shape index (κ1) is 12.5. The van der Waals surface area contributed by atoms with Gasteiger partial charge in [0.25, 0.3) is 5.69 Å². The van der Waals surface area contributed by atoms with Crippen molar-refractivity contribution < 1.29 is 10.0 Å². The number of benzene rings is 1. The summed E-state index contributed by atoms with van der Waals surface area (Å²) in [7, 11) is 0. The monoisotopic (exact) mass is 262 g/mol. The smallest absolute Gasteiger partial charge is 0.274 e. The quantitative estimate of drug-likeness (QED) is 0.677. The van der Waals surface area contributed by atoms with Gasteiger partial charge >= 0.3 is 0 Å². The van der Waals surface area contributed by atoms with Crippen molar-refractivity contribution in [1.29, 1.82) is 0 Å². The highest BCUT2D eigenvalue weighted by Crippen LogP contribution is 2.30. The van der Waals surface area contributed by atoms with E-state index in [1.165, 1.54) is 17.8 Å². The third-order valence-electron chi connectivity index (χ3n) is 2.28. The van der Waals surface area contributed by atoms with Crippen LogP contribution in [0.25, 0.3) is 0 Å². The van der Waals surface area contributed by atoms with Crippen LogP contribution in [0.2, 0.25) is 0 Å². The molecular formula is C12H10N2O3S. The van der Waals surface area contributed by atoms with E-state index in [4.69, 9.17) is 5.11 Å². The van der Waals surface area contributed by atoms with Crippen LogP contribution in [0.3, 0.4) is 0 Å². The highest BCUT2D eigenvalue weighted by Gasteiger charge is 2.13. The summed E-state index contributed by atoms with van der Waals surface area (Å²) in [6.07, 6.45) is 1.68. The van der Waals surface area contributed by atoms with Gasteiger partial charge in [0.2, 0.25) is 0 Å². The van der Waals surface area contributed by atoms with E-state index in [9.17, 15) is 10.1 Å². The van der Waals surface area contributed by atoms with Gasteiger partial charge in [-0.3, -0.25) is 10.1 Å². The lowest BCUT2D eigenvalue weighted by Gasteiger charge is -2.03. The summed E-state index contributed by atoms with van der Waals surface area (Å²) in [5.41, 5.74) is 0.240. The van der Waals surface area contributed by atoms with Crippen LogP contribution in [0, 0.1) is 10.1 Å². The van der Waals surface area contributed by atoms with Gasteiger partial charge < -0.3 is 5.11 Å². The number of hydrogen-bond donors (Lipinski definition) is 1. The van der Waals surface area contributed by atoms with E-state index in [-0.39, 0.29) is 12.3 Å². The summed E-state index contributed by atoms with van der Waals surface area (Å²) in [5.74, 6) is 0. The first-order valence-electron chi connectivity index (χ1n) is 5.18. The molecule has 6 heteroatoms. The number of aromatic nitrogens is 1. The summed E-state index contributed by atoms with van der Waals surface area (Å²) < 4.78 is 0. The van der Waals surface area contributed by atoms with Crippen LogP contribution in [-0.4, -0.2) is 15.0 Å². The standard InChI is InChI=1S/C12H10N2O3S/c15-8-9-7-10(4-5-11(9)14(16)17)18-12-3-1-2-6-13-12/h1-7,15H,8H2. The first-order valence-corrected chi connectivity index (χ1v) is 5.99. The Morgan fingerprint density at radius 3 is 2.78 bits per heavy atom. The van der Waals surface area contributed by atoms with Crippen LogP contribution in [-0.2, 0) is 6.61 Å². The number of hydrogen-bond acceptors (Lipinski definition) is 5. The highest BCUT2D eigenvalue weighted by molar-refractivity contribution is 7.99. The van der Waals surface area contributed by atoms with Gasteiger partial charge in [0.1, 0.15) is 5.03 Å². The van der Waals surface area contributed by atoms with E-state index in [2.05, 4.69) is 4.98 Å². The van der Waals surface area contributed by atoms with E-state index in [1.807, 2.05) is 18.2 Å². The van der Waals surface area contributed by atoms with E-state index in [0.717, 1.165) is 9.92 Å². The zero-order chi connectivity index (χ0) is 13.0. The van der Waals surface area contributed by atoms with E-state index in [0.29, 0.717) is 5.56 Å². The lowest BCUT2D eigenvalue weighted by molar-refractivity contribution is -0.385. The summed E-state index contributed by atoms with van der Waals surface area (Å²) >= 11 is 1.39. The predicted octanol–water partition coefficient (Wildman–Crippen LogP) is 2.63. The average Bonchev–Trinajstić information content (AvgIpc) is 2.39. The fraction of sp³-hybridized carbons (Fsp3) is 0.0833. The van der Waals surface area contributed by atoms with E-state index < -0.39 is 4.92 Å². The summed E-state index contributed by atoms with van der Waals surface area (Å²) in [6, 6.07) is 10.2. The fourth-order valence-electron chi connectivity index (χ4n) is 1.46. The molecule has 0 bridgehead atoms. The molecule has 0 saturated carbocycles. The van der Waals surface area contributed by atoms with E-state index >= 15 is 0 Å². The molecule has 18 heavy (non-hydrogen) atoms. The second-order valence-corrected chi connectivity index (χ2v) is 4.57. The molecule has 1 aromatic carbocycles. The van der Waals surface area contributed by atoms with Crippen LogP contribution in [0.15, 0.2) is 52.5 Å². The van der Waals surface area contributed by atoms with Crippen molar-refractivity contribution in [3.63, 3.8) is 0 Å². The van der Waals surface area contributed by atoms with Crippen LogP contribution >= 0.6 is 11.8 Å². The summed E-state index contributed by atoms with van der Waals surface area (Å²) in [4.78, 5) is 15.2. The van der Waals surface area contributed by atoms with Gasteiger partial charge in [-0.15, -0.1) is 0 Å². The molecule has 5 nitrogen and oxygen atoms in total. The minimum absolute atomic E-state index is 0.0668. The molecular weight excluding hydrogens is 252 g/mol. The second-order valence-electron chi connectivity index (χ2n) is 3.48. The number of nitro benzene ring substituents is 1. The third-order valence-corrected chi connectivity index (χ3v) is 3.22. The number of aliphatic hydroxyl groups is 1. The van der Waals surface area contributed by atoms with E-state index in [1.54, 1.807) is 18.3 Å². The van der Waals surface area contributed by atoms with Crippen molar-refractivity contribution in [2.24, 2.45) is 0 Å². The molecule has 1 aromatic heterocycles. The lowest BCUT2D eigenvalue weighted by Crippen LogP contribution is -1.95. The molecule has 0 unspecified atom stereocenters. The molecule has 0 amide bonds. The molecule has 0 aliphatic carbocycles. The van der Waals surface area contributed by atoms with Gasteiger partial charge in [-0.1, -0.05) is 17.8 Å². The minimum atomic E-state index is -0.499. The molecule has 2 aromatic rings. The van der Waals surface area contributed by atoms with Gasteiger partial charge in [0, 0.05) is 17.2 Å². The van der Waals surface area contributed by atoms with Gasteiger partial charge in [0.05, 0.1) is 17.1 Å². The molecule has 0 spiro atoms. The molecule has 92 valence electrons. The SMILES string of the molecule is O=[N+]([O-])c1ccc(Sc2ccccn2)cc1CO. The van der Waals surface area contributed by atoms with Crippen LogP contribution in [0.1, 0.15) is 5.56 Å². The van der Waals surface area contributed by atoms with Crippen molar-refractivity contribution in [3.05, 3.63) is 58.3 Å². The van der Waals surface area contributed by atoms with Gasteiger partial charge in [-0.25, -0.2) is 4.98 Å². The van der Waals surface area contributed by atoms with Crippen molar-refractivity contribution in [2.75, 3.05) is 0 Å². The Hall–Kier alpha value is -1.92. The maximum absolute atomic E-state index is 10.7. The zero-order valence-corrected chi connectivity index (χ0v) is 10.1. The van der Waals surface area contributed by atoms with Crippen LogP contribution in [0.5, 0.6) is 0 Å². The highest BCUT2D eigenvalue weighted by atomic mass is 32.2. The predicted molar refractivity (Wildman–Crippen MR) is 67.4 cm³/mol. The Labute approximate surface area is 108 Å². The number of nitro groups is 1. The Bertz CT molecular complexity index is 561. The molecule has 0 aliphatic rings. The number of nitrogens with zero attached hydrogens (tertiary/aromatic N) is 2. The van der Waals surface area contributed by atoms with Gasteiger partial charge in [0.15, 0.2) is 0 Å². The number of aliphatic hydroxyl groups excluding tert-OH is 1.